The van der Waals surface area contributed by atoms with E-state index in [0.29, 0.717) is 50.5 Å². The maximum atomic E-state index is 14.3. The molecule has 2 atom stereocenters. The van der Waals surface area contributed by atoms with Crippen LogP contribution in [0.2, 0.25) is 10.0 Å². The first-order valence-corrected chi connectivity index (χ1v) is 14.6. The first-order valence-electron chi connectivity index (χ1n) is 13.8. The van der Waals surface area contributed by atoms with Gasteiger partial charge in [-0.3, -0.25) is 14.4 Å². The molecule has 214 valence electrons. The third-order valence-electron chi connectivity index (χ3n) is 8.10. The van der Waals surface area contributed by atoms with Crippen LogP contribution in [0.4, 0.5) is 5.95 Å². The van der Waals surface area contributed by atoms with E-state index in [-0.39, 0.29) is 36.0 Å². The molecular weight excluding hydrogens is 573 g/mol. The summed E-state index contributed by atoms with van der Waals surface area (Å²) in [5.74, 6) is 0.114. The van der Waals surface area contributed by atoms with Gasteiger partial charge in [-0.2, -0.15) is 0 Å². The van der Waals surface area contributed by atoms with Gasteiger partial charge in [-0.25, -0.2) is 9.55 Å². The SMILES string of the molecule is CNC(=O)c1ccc(-n2c(N3CC[C@H]3c3ccccc3)nc3c(c2=O)C[C@@H](C)N(C(=O)c2ccc(Cl)c(Cl)c2)C3)cc1. The zero-order valence-electron chi connectivity index (χ0n) is 23.2. The molecule has 1 N–H and O–H groups in total. The number of hydrogen-bond donors (Lipinski definition) is 1. The summed E-state index contributed by atoms with van der Waals surface area (Å²) in [6.07, 6.45) is 1.28. The molecule has 6 rings (SSSR count). The lowest BCUT2D eigenvalue weighted by molar-refractivity contribution is 0.0653. The van der Waals surface area contributed by atoms with Gasteiger partial charge < -0.3 is 15.1 Å². The molecule has 2 amide bonds. The predicted octanol–water partition coefficient (Wildman–Crippen LogP) is 5.44. The molecule has 1 aromatic heterocycles. The van der Waals surface area contributed by atoms with Crippen LogP contribution in [0, 0.1) is 0 Å². The minimum atomic E-state index is -0.245. The van der Waals surface area contributed by atoms with Crippen LogP contribution >= 0.6 is 23.2 Å². The van der Waals surface area contributed by atoms with Crippen LogP contribution in [-0.2, 0) is 13.0 Å². The second-order valence-corrected chi connectivity index (χ2v) is 11.4. The van der Waals surface area contributed by atoms with Crippen LogP contribution in [-0.4, -0.2) is 45.9 Å². The zero-order valence-corrected chi connectivity index (χ0v) is 24.7. The number of carbonyl (C=O) groups excluding carboxylic acids is 2. The fourth-order valence-corrected chi connectivity index (χ4v) is 5.99. The van der Waals surface area contributed by atoms with Gasteiger partial charge in [0.2, 0.25) is 5.95 Å². The van der Waals surface area contributed by atoms with Gasteiger partial charge in [-0.1, -0.05) is 53.5 Å². The average Bonchev–Trinajstić information content (AvgIpc) is 2.98. The number of fused-ring (bicyclic) bond motifs is 1. The number of rotatable bonds is 5. The van der Waals surface area contributed by atoms with Crippen molar-refractivity contribution >= 4 is 41.0 Å². The highest BCUT2D eigenvalue weighted by Crippen LogP contribution is 2.38. The largest absolute Gasteiger partial charge is 0.355 e. The lowest BCUT2D eigenvalue weighted by Gasteiger charge is -2.43. The lowest BCUT2D eigenvalue weighted by atomic mass is 9.95. The minimum absolute atomic E-state index is 0.0593. The summed E-state index contributed by atoms with van der Waals surface area (Å²) in [6, 6.07) is 21.7. The smallest absolute Gasteiger partial charge is 0.263 e. The quantitative estimate of drug-likeness (QED) is 0.329. The van der Waals surface area contributed by atoms with Crippen molar-refractivity contribution in [1.82, 2.24) is 19.8 Å². The first-order chi connectivity index (χ1) is 20.3. The molecule has 3 aromatic carbocycles. The molecule has 1 saturated heterocycles. The first kappa shape index (κ1) is 28.0. The second-order valence-electron chi connectivity index (χ2n) is 10.6. The van der Waals surface area contributed by atoms with Crippen LogP contribution in [0.15, 0.2) is 77.6 Å². The number of nitrogens with one attached hydrogen (secondary N) is 1. The number of carbonyl (C=O) groups is 2. The van der Waals surface area contributed by atoms with E-state index >= 15 is 0 Å². The van der Waals surface area contributed by atoms with Crippen molar-refractivity contribution in [3.8, 4) is 5.69 Å². The Morgan fingerprint density at radius 2 is 1.67 bits per heavy atom. The van der Waals surface area contributed by atoms with Gasteiger partial charge in [0.1, 0.15) is 0 Å². The molecule has 3 heterocycles. The fraction of sp³-hybridized carbons (Fsp3) is 0.250. The summed E-state index contributed by atoms with van der Waals surface area (Å²) in [6.45, 7) is 2.84. The summed E-state index contributed by atoms with van der Waals surface area (Å²) in [5, 5.41) is 3.31. The van der Waals surface area contributed by atoms with Crippen LogP contribution in [0.25, 0.3) is 5.69 Å². The molecule has 0 unspecified atom stereocenters. The number of amides is 2. The molecule has 0 saturated carbocycles. The molecular formula is C32H29Cl2N5O3. The van der Waals surface area contributed by atoms with Crippen molar-refractivity contribution < 1.29 is 9.59 Å². The van der Waals surface area contributed by atoms with Crippen molar-refractivity contribution in [3.05, 3.63) is 121 Å². The van der Waals surface area contributed by atoms with Crippen LogP contribution in [0.5, 0.6) is 0 Å². The number of anilines is 1. The van der Waals surface area contributed by atoms with Gasteiger partial charge in [0.05, 0.1) is 34.0 Å². The Kier molecular flexibility index (Phi) is 7.51. The van der Waals surface area contributed by atoms with E-state index in [4.69, 9.17) is 28.2 Å². The number of halogens is 2. The van der Waals surface area contributed by atoms with Gasteiger partial charge in [-0.15, -0.1) is 0 Å². The zero-order chi connectivity index (χ0) is 29.5. The van der Waals surface area contributed by atoms with Gasteiger partial charge in [0.15, 0.2) is 0 Å². The predicted molar refractivity (Wildman–Crippen MR) is 164 cm³/mol. The second kappa shape index (κ2) is 11.3. The minimum Gasteiger partial charge on any atom is -0.355 e. The molecule has 4 aromatic rings. The average molecular weight is 603 g/mol. The Morgan fingerprint density at radius 3 is 2.31 bits per heavy atom. The highest BCUT2D eigenvalue weighted by atomic mass is 35.5. The molecule has 1 fully saturated rings. The molecule has 0 bridgehead atoms. The lowest BCUT2D eigenvalue weighted by Crippen LogP contribution is -2.48. The summed E-state index contributed by atoms with van der Waals surface area (Å²) in [5.41, 5.74) is 3.68. The maximum Gasteiger partial charge on any atom is 0.263 e. The van der Waals surface area contributed by atoms with E-state index < -0.39 is 0 Å². The number of benzene rings is 3. The summed E-state index contributed by atoms with van der Waals surface area (Å²) >= 11 is 12.3. The van der Waals surface area contributed by atoms with Crippen molar-refractivity contribution in [2.24, 2.45) is 0 Å². The maximum absolute atomic E-state index is 14.3. The number of nitrogens with zero attached hydrogens (tertiary/aromatic N) is 4. The molecule has 8 nitrogen and oxygen atoms in total. The van der Waals surface area contributed by atoms with Crippen molar-refractivity contribution in [2.45, 2.75) is 38.4 Å². The molecule has 0 radical (unpaired) electrons. The number of hydrogen-bond acceptors (Lipinski definition) is 5. The van der Waals surface area contributed by atoms with Crippen LogP contribution in [0.1, 0.15) is 56.9 Å². The fourth-order valence-electron chi connectivity index (χ4n) is 5.69. The van der Waals surface area contributed by atoms with Crippen molar-refractivity contribution in [2.75, 3.05) is 18.5 Å². The highest BCUT2D eigenvalue weighted by molar-refractivity contribution is 6.42. The highest BCUT2D eigenvalue weighted by Gasteiger charge is 2.37. The molecule has 2 aliphatic heterocycles. The van der Waals surface area contributed by atoms with Crippen LogP contribution in [0.3, 0.4) is 0 Å². The Hall–Kier alpha value is -4.14. The van der Waals surface area contributed by atoms with Crippen molar-refractivity contribution in [3.63, 3.8) is 0 Å². The van der Waals surface area contributed by atoms with E-state index in [1.807, 2.05) is 25.1 Å². The third-order valence-corrected chi connectivity index (χ3v) is 8.84. The molecule has 0 spiro atoms. The Morgan fingerprint density at radius 1 is 0.952 bits per heavy atom. The Labute approximate surface area is 253 Å². The Balaban J connectivity index is 1.44. The summed E-state index contributed by atoms with van der Waals surface area (Å²) in [4.78, 5) is 48.9. The molecule has 2 aliphatic rings. The van der Waals surface area contributed by atoms with Gasteiger partial charge in [-0.05, 0) is 67.8 Å². The van der Waals surface area contributed by atoms with E-state index in [9.17, 15) is 14.4 Å². The molecule has 42 heavy (non-hydrogen) atoms. The van der Waals surface area contributed by atoms with Crippen molar-refractivity contribution in [1.29, 1.82) is 0 Å². The van der Waals surface area contributed by atoms with E-state index in [0.717, 1.165) is 18.5 Å². The monoisotopic (exact) mass is 601 g/mol. The topological polar surface area (TPSA) is 87.5 Å². The summed E-state index contributed by atoms with van der Waals surface area (Å²) < 4.78 is 1.64. The van der Waals surface area contributed by atoms with Gasteiger partial charge >= 0.3 is 0 Å². The Bertz CT molecular complexity index is 1740. The molecule has 0 aliphatic carbocycles. The number of aromatic nitrogens is 2. The van der Waals surface area contributed by atoms with E-state index in [1.54, 1.807) is 59.0 Å². The van der Waals surface area contributed by atoms with Gasteiger partial charge in [0, 0.05) is 36.3 Å². The van der Waals surface area contributed by atoms with Crippen LogP contribution < -0.4 is 15.8 Å². The van der Waals surface area contributed by atoms with E-state index in [1.165, 1.54) is 0 Å². The van der Waals surface area contributed by atoms with E-state index in [2.05, 4.69) is 22.3 Å². The summed E-state index contributed by atoms with van der Waals surface area (Å²) in [7, 11) is 1.58. The third kappa shape index (κ3) is 4.95. The van der Waals surface area contributed by atoms with Gasteiger partial charge in [0.25, 0.3) is 17.4 Å². The standard InChI is InChI=1S/C32H29Cl2N5O3/c1-19-16-24-27(18-38(19)30(41)22-10-13-25(33)26(34)17-22)36-32(37-15-14-28(37)20-6-4-3-5-7-20)39(31(24)42)23-11-8-21(9-12-23)29(40)35-2/h3-13,17,19,28H,14-16,18H2,1-2H3,(H,35,40)/t19-,28+/m1/s1. The molecule has 10 heteroatoms. The normalized spacial score (nSPS) is 17.8.